The summed E-state index contributed by atoms with van der Waals surface area (Å²) in [4.78, 5) is 14.7. The van der Waals surface area contributed by atoms with Crippen molar-refractivity contribution in [1.82, 2.24) is 0 Å². The highest BCUT2D eigenvalue weighted by atomic mass is 35.5. The van der Waals surface area contributed by atoms with Gasteiger partial charge in [0.15, 0.2) is 0 Å². The van der Waals surface area contributed by atoms with Gasteiger partial charge in [-0.25, -0.2) is 0 Å². The molecule has 3 aromatic rings. The molecule has 4 rings (SSSR count). The van der Waals surface area contributed by atoms with Crippen molar-refractivity contribution >= 4 is 17.3 Å². The van der Waals surface area contributed by atoms with E-state index in [1.165, 1.54) is 23.6 Å². The number of rotatable bonds is 5. The molecule has 138 valence electrons. The molecule has 0 N–H and O–H groups in total. The van der Waals surface area contributed by atoms with E-state index in [4.69, 9.17) is 20.8 Å². The monoisotopic (exact) mass is 381 g/mol. The maximum Gasteiger partial charge on any atom is 0.227 e. The second-order valence-corrected chi connectivity index (χ2v) is 7.24. The van der Waals surface area contributed by atoms with Crippen LogP contribution in [0, 0.1) is 0 Å². The van der Waals surface area contributed by atoms with Gasteiger partial charge >= 0.3 is 0 Å². The summed E-state index contributed by atoms with van der Waals surface area (Å²) < 4.78 is 11.3. The molecule has 0 fully saturated rings. The number of para-hydroxylation sites is 1. The first kappa shape index (κ1) is 17.7. The van der Waals surface area contributed by atoms with Gasteiger partial charge in [-0.15, -0.1) is 0 Å². The molecule has 27 heavy (non-hydrogen) atoms. The van der Waals surface area contributed by atoms with Crippen LogP contribution in [0.2, 0.25) is 5.02 Å². The van der Waals surface area contributed by atoms with Crippen molar-refractivity contribution in [3.05, 3.63) is 93.0 Å². The van der Waals surface area contributed by atoms with Crippen LogP contribution in [0.1, 0.15) is 23.8 Å². The number of nitrogens with zero attached hydrogens (tertiary/aromatic N) is 1. The summed E-state index contributed by atoms with van der Waals surface area (Å²) in [6.07, 6.45) is 2.40. The molecule has 1 aliphatic heterocycles. The molecule has 1 aliphatic rings. The molecule has 0 saturated heterocycles. The van der Waals surface area contributed by atoms with Crippen molar-refractivity contribution in [2.75, 3.05) is 4.90 Å². The Balaban J connectivity index is 1.47. The number of halogens is 1. The van der Waals surface area contributed by atoms with Crippen LogP contribution in [0.25, 0.3) is 0 Å². The Kier molecular flexibility index (Phi) is 4.90. The minimum absolute atomic E-state index is 0.182. The van der Waals surface area contributed by atoms with Gasteiger partial charge in [0.2, 0.25) is 11.2 Å². The van der Waals surface area contributed by atoms with Gasteiger partial charge in [-0.1, -0.05) is 41.9 Å². The van der Waals surface area contributed by atoms with E-state index >= 15 is 0 Å². The molecule has 0 amide bonds. The zero-order valence-electron chi connectivity index (χ0n) is 15.0. The van der Waals surface area contributed by atoms with Crippen molar-refractivity contribution in [3.8, 4) is 5.75 Å². The van der Waals surface area contributed by atoms with Gasteiger partial charge in [0.05, 0.1) is 6.54 Å². The summed E-state index contributed by atoms with van der Waals surface area (Å²) in [6.45, 7) is 3.00. The van der Waals surface area contributed by atoms with Crippen LogP contribution in [0.4, 0.5) is 5.69 Å². The zero-order valence-corrected chi connectivity index (χ0v) is 15.8. The van der Waals surface area contributed by atoms with Crippen LogP contribution in [0.3, 0.4) is 0 Å². The van der Waals surface area contributed by atoms with Gasteiger partial charge in [-0.05, 0) is 42.7 Å². The summed E-state index contributed by atoms with van der Waals surface area (Å²) in [5.41, 5.74) is 3.25. The molecule has 5 heteroatoms. The number of benzene rings is 2. The summed E-state index contributed by atoms with van der Waals surface area (Å²) in [5, 5.41) is 0.637. The van der Waals surface area contributed by atoms with E-state index in [2.05, 4.69) is 30.0 Å². The molecule has 2 aromatic carbocycles. The van der Waals surface area contributed by atoms with Gasteiger partial charge in [0, 0.05) is 22.8 Å². The third kappa shape index (κ3) is 3.86. The third-order valence-electron chi connectivity index (χ3n) is 4.81. The van der Waals surface area contributed by atoms with E-state index in [0.29, 0.717) is 23.4 Å². The van der Waals surface area contributed by atoms with Gasteiger partial charge in [0.25, 0.3) is 0 Å². The van der Waals surface area contributed by atoms with Gasteiger partial charge < -0.3 is 14.1 Å². The SMILES string of the molecule is C[C@@H]1Cc2ccccc2N1Cc1cc(=O)c(OCc2cccc(Cl)c2)co1. The predicted octanol–water partition coefficient (Wildman–Crippen LogP) is 4.82. The average molecular weight is 382 g/mol. The van der Waals surface area contributed by atoms with Crippen LogP contribution < -0.4 is 15.1 Å². The van der Waals surface area contributed by atoms with Crippen LogP contribution in [-0.4, -0.2) is 6.04 Å². The lowest BCUT2D eigenvalue weighted by Crippen LogP contribution is -2.29. The highest BCUT2D eigenvalue weighted by molar-refractivity contribution is 6.30. The fourth-order valence-electron chi connectivity index (χ4n) is 3.45. The molecule has 2 heterocycles. The summed E-state index contributed by atoms with van der Waals surface area (Å²) >= 11 is 5.97. The van der Waals surface area contributed by atoms with E-state index in [9.17, 15) is 4.79 Å². The van der Waals surface area contributed by atoms with Crippen LogP contribution in [0.5, 0.6) is 5.75 Å². The lowest BCUT2D eigenvalue weighted by Gasteiger charge is -2.24. The number of hydrogen-bond acceptors (Lipinski definition) is 4. The van der Waals surface area contributed by atoms with E-state index in [1.54, 1.807) is 6.07 Å². The topological polar surface area (TPSA) is 42.7 Å². The smallest absolute Gasteiger partial charge is 0.227 e. The molecule has 1 atom stereocenters. The summed E-state index contributed by atoms with van der Waals surface area (Å²) in [5.74, 6) is 0.826. The molecular weight excluding hydrogens is 362 g/mol. The van der Waals surface area contributed by atoms with Crippen molar-refractivity contribution in [2.24, 2.45) is 0 Å². The quantitative estimate of drug-likeness (QED) is 0.635. The Morgan fingerprint density at radius 1 is 1.19 bits per heavy atom. The second kappa shape index (κ2) is 7.49. The minimum atomic E-state index is -0.182. The van der Waals surface area contributed by atoms with E-state index in [-0.39, 0.29) is 17.8 Å². The first-order valence-corrected chi connectivity index (χ1v) is 9.31. The number of ether oxygens (including phenoxy) is 1. The van der Waals surface area contributed by atoms with Crippen LogP contribution in [-0.2, 0) is 19.6 Å². The fraction of sp³-hybridized carbons (Fsp3) is 0.227. The van der Waals surface area contributed by atoms with Crippen LogP contribution in [0.15, 0.2) is 70.1 Å². The molecule has 0 unspecified atom stereocenters. The standard InChI is InChI=1S/C22H20ClNO3/c1-15-9-17-6-2-3-8-20(17)24(15)12-19-11-21(25)22(14-26-19)27-13-16-5-4-7-18(23)10-16/h2-8,10-11,14-15H,9,12-13H2,1H3/t15-/m1/s1. The minimum Gasteiger partial charge on any atom is -0.482 e. The average Bonchev–Trinajstić information content (AvgIpc) is 2.97. The van der Waals surface area contributed by atoms with E-state index in [1.807, 2.05) is 24.3 Å². The van der Waals surface area contributed by atoms with Crippen molar-refractivity contribution in [2.45, 2.75) is 32.5 Å². The van der Waals surface area contributed by atoms with E-state index < -0.39 is 0 Å². The Hall–Kier alpha value is -2.72. The zero-order chi connectivity index (χ0) is 18.8. The Morgan fingerprint density at radius 2 is 2.04 bits per heavy atom. The maximum atomic E-state index is 12.4. The molecule has 4 nitrogen and oxygen atoms in total. The van der Waals surface area contributed by atoms with Gasteiger partial charge in [-0.2, -0.15) is 0 Å². The molecular formula is C22H20ClNO3. The Morgan fingerprint density at radius 3 is 2.85 bits per heavy atom. The van der Waals surface area contributed by atoms with Gasteiger partial charge in [0.1, 0.15) is 18.6 Å². The first-order valence-electron chi connectivity index (χ1n) is 8.93. The normalized spacial score (nSPS) is 15.6. The molecule has 1 aromatic heterocycles. The van der Waals surface area contributed by atoms with E-state index in [0.717, 1.165) is 12.0 Å². The fourth-order valence-corrected chi connectivity index (χ4v) is 3.67. The Bertz CT molecular complexity index is 1010. The van der Waals surface area contributed by atoms with Crippen LogP contribution >= 0.6 is 11.6 Å². The number of anilines is 1. The number of hydrogen-bond donors (Lipinski definition) is 0. The maximum absolute atomic E-state index is 12.4. The third-order valence-corrected chi connectivity index (χ3v) is 5.05. The van der Waals surface area contributed by atoms with Crippen molar-refractivity contribution < 1.29 is 9.15 Å². The molecule has 0 bridgehead atoms. The largest absolute Gasteiger partial charge is 0.482 e. The molecule has 0 radical (unpaired) electrons. The molecule has 0 aliphatic carbocycles. The van der Waals surface area contributed by atoms with Gasteiger partial charge in [-0.3, -0.25) is 4.79 Å². The lowest BCUT2D eigenvalue weighted by atomic mass is 10.1. The molecule has 0 saturated carbocycles. The number of fused-ring (bicyclic) bond motifs is 1. The van der Waals surface area contributed by atoms with Crippen molar-refractivity contribution in [1.29, 1.82) is 0 Å². The van der Waals surface area contributed by atoms with Crippen molar-refractivity contribution in [3.63, 3.8) is 0 Å². The second-order valence-electron chi connectivity index (χ2n) is 6.80. The lowest BCUT2D eigenvalue weighted by molar-refractivity contribution is 0.289. The first-order chi connectivity index (χ1) is 13.1. The predicted molar refractivity (Wildman–Crippen MR) is 107 cm³/mol. The Labute approximate surface area is 163 Å². The summed E-state index contributed by atoms with van der Waals surface area (Å²) in [6, 6.07) is 17.6. The highest BCUT2D eigenvalue weighted by Crippen LogP contribution is 2.33. The highest BCUT2D eigenvalue weighted by Gasteiger charge is 2.26. The molecule has 0 spiro atoms. The summed E-state index contributed by atoms with van der Waals surface area (Å²) in [7, 11) is 0.